The largest absolute Gasteiger partial charge is 0.294 e. The zero-order valence-electron chi connectivity index (χ0n) is 13.5. The van der Waals surface area contributed by atoms with Crippen molar-refractivity contribution >= 4 is 41.0 Å². The van der Waals surface area contributed by atoms with Gasteiger partial charge in [0.15, 0.2) is 10.9 Å². The SMILES string of the molecule is CSc1ncc2c(C)c(C(C)=O)c(=O)n(C3CCCC3)c2n1.Cl. The van der Waals surface area contributed by atoms with Gasteiger partial charge in [0.25, 0.3) is 5.56 Å². The first kappa shape index (κ1) is 17.9. The van der Waals surface area contributed by atoms with Crippen molar-refractivity contribution in [1.82, 2.24) is 14.5 Å². The van der Waals surface area contributed by atoms with E-state index < -0.39 is 0 Å². The summed E-state index contributed by atoms with van der Waals surface area (Å²) < 4.78 is 1.74. The quantitative estimate of drug-likeness (QED) is 0.479. The van der Waals surface area contributed by atoms with Crippen LogP contribution in [0.1, 0.15) is 54.6 Å². The summed E-state index contributed by atoms with van der Waals surface area (Å²) in [5, 5.41) is 1.45. The molecule has 1 fully saturated rings. The molecule has 5 nitrogen and oxygen atoms in total. The third-order valence-electron chi connectivity index (χ3n) is 4.41. The fourth-order valence-corrected chi connectivity index (χ4v) is 3.67. The van der Waals surface area contributed by atoms with Crippen molar-refractivity contribution in [2.45, 2.75) is 50.7 Å². The Balaban J connectivity index is 0.00000192. The number of halogens is 1. The Morgan fingerprint density at radius 1 is 1.35 bits per heavy atom. The van der Waals surface area contributed by atoms with Gasteiger partial charge in [-0.15, -0.1) is 12.4 Å². The second-order valence-electron chi connectivity index (χ2n) is 5.76. The number of rotatable bonds is 3. The standard InChI is InChI=1S/C16H19N3O2S.ClH/c1-9-12-8-17-16(22-3)18-14(12)19(11-6-4-5-7-11)15(21)13(9)10(2)20;/h8,11H,4-7H2,1-3H3;1H. The lowest BCUT2D eigenvalue weighted by molar-refractivity contribution is 0.101. The number of pyridine rings is 1. The summed E-state index contributed by atoms with van der Waals surface area (Å²) in [7, 11) is 0. The van der Waals surface area contributed by atoms with Gasteiger partial charge in [0.1, 0.15) is 5.65 Å². The lowest BCUT2D eigenvalue weighted by Crippen LogP contribution is -2.30. The molecule has 2 aromatic heterocycles. The molecule has 0 saturated heterocycles. The second kappa shape index (κ2) is 7.01. The first-order valence-corrected chi connectivity index (χ1v) is 8.73. The lowest BCUT2D eigenvalue weighted by Gasteiger charge is -2.19. The molecule has 0 N–H and O–H groups in total. The molecule has 0 aliphatic heterocycles. The summed E-state index contributed by atoms with van der Waals surface area (Å²) in [6.07, 6.45) is 7.81. The van der Waals surface area contributed by atoms with E-state index in [1.807, 2.05) is 13.2 Å². The monoisotopic (exact) mass is 353 g/mol. The Labute approximate surface area is 145 Å². The van der Waals surface area contributed by atoms with E-state index in [1.165, 1.54) is 18.7 Å². The number of hydrogen-bond acceptors (Lipinski definition) is 5. The van der Waals surface area contributed by atoms with E-state index in [4.69, 9.17) is 0 Å². The van der Waals surface area contributed by atoms with Crippen LogP contribution < -0.4 is 5.56 Å². The maximum Gasteiger partial charge on any atom is 0.263 e. The van der Waals surface area contributed by atoms with Crippen LogP contribution in [0.15, 0.2) is 16.1 Å². The van der Waals surface area contributed by atoms with Crippen LogP contribution in [0.4, 0.5) is 0 Å². The van der Waals surface area contributed by atoms with Crippen LogP contribution in [-0.2, 0) is 0 Å². The number of carbonyl (C=O) groups is 1. The highest BCUT2D eigenvalue weighted by Crippen LogP contribution is 2.31. The van der Waals surface area contributed by atoms with Crippen LogP contribution in [-0.4, -0.2) is 26.6 Å². The van der Waals surface area contributed by atoms with E-state index in [2.05, 4.69) is 9.97 Å². The summed E-state index contributed by atoms with van der Waals surface area (Å²) in [5.74, 6) is -0.190. The molecule has 0 radical (unpaired) electrons. The third kappa shape index (κ3) is 3.02. The minimum Gasteiger partial charge on any atom is -0.294 e. The van der Waals surface area contributed by atoms with Crippen molar-refractivity contribution in [3.63, 3.8) is 0 Å². The number of aromatic nitrogens is 3. The lowest BCUT2D eigenvalue weighted by atomic mass is 10.0. The zero-order valence-corrected chi connectivity index (χ0v) is 15.1. The first-order chi connectivity index (χ1) is 10.5. The molecule has 0 aromatic carbocycles. The van der Waals surface area contributed by atoms with Gasteiger partial charge in [0.05, 0.1) is 5.56 Å². The summed E-state index contributed by atoms with van der Waals surface area (Å²) >= 11 is 1.45. The van der Waals surface area contributed by atoms with Gasteiger partial charge in [-0.2, -0.15) is 0 Å². The van der Waals surface area contributed by atoms with E-state index >= 15 is 0 Å². The number of Topliss-reactive ketones (excluding diaryl/α,β-unsaturated/α-hetero) is 1. The number of thioether (sulfide) groups is 1. The normalized spacial score (nSPS) is 14.9. The molecule has 0 atom stereocenters. The number of hydrogen-bond donors (Lipinski definition) is 0. The molecule has 2 heterocycles. The molecule has 124 valence electrons. The molecular formula is C16H20ClN3O2S. The molecular weight excluding hydrogens is 334 g/mol. The molecule has 0 spiro atoms. The molecule has 0 unspecified atom stereocenters. The third-order valence-corrected chi connectivity index (χ3v) is 4.97. The van der Waals surface area contributed by atoms with Gasteiger partial charge < -0.3 is 0 Å². The summed E-state index contributed by atoms with van der Waals surface area (Å²) in [6, 6.07) is 0.137. The van der Waals surface area contributed by atoms with Gasteiger partial charge in [-0.1, -0.05) is 24.6 Å². The Bertz CT molecular complexity index is 813. The van der Waals surface area contributed by atoms with Gasteiger partial charge in [-0.25, -0.2) is 9.97 Å². The van der Waals surface area contributed by atoms with Gasteiger partial charge in [0.2, 0.25) is 0 Å². The van der Waals surface area contributed by atoms with E-state index in [0.29, 0.717) is 16.4 Å². The Morgan fingerprint density at radius 3 is 2.57 bits per heavy atom. The molecule has 3 rings (SSSR count). The maximum absolute atomic E-state index is 12.9. The van der Waals surface area contributed by atoms with Gasteiger partial charge in [-0.3, -0.25) is 14.2 Å². The molecule has 1 aliphatic carbocycles. The number of aryl methyl sites for hydroxylation is 1. The van der Waals surface area contributed by atoms with E-state index in [9.17, 15) is 9.59 Å². The zero-order chi connectivity index (χ0) is 15.9. The summed E-state index contributed by atoms with van der Waals surface area (Å²) in [4.78, 5) is 33.7. The van der Waals surface area contributed by atoms with Crippen LogP contribution >= 0.6 is 24.2 Å². The molecule has 2 aromatic rings. The van der Waals surface area contributed by atoms with Crippen molar-refractivity contribution in [3.05, 3.63) is 27.7 Å². The second-order valence-corrected chi connectivity index (χ2v) is 6.54. The van der Waals surface area contributed by atoms with Crippen LogP contribution in [0, 0.1) is 6.92 Å². The number of nitrogens with zero attached hydrogens (tertiary/aromatic N) is 3. The minimum absolute atomic E-state index is 0. The van der Waals surface area contributed by atoms with Gasteiger partial charge in [0, 0.05) is 17.6 Å². The Morgan fingerprint density at radius 2 is 2.00 bits per heavy atom. The van der Waals surface area contributed by atoms with Crippen molar-refractivity contribution in [3.8, 4) is 0 Å². The Kier molecular flexibility index (Phi) is 5.47. The van der Waals surface area contributed by atoms with Crippen LogP contribution in [0.3, 0.4) is 0 Å². The highest BCUT2D eigenvalue weighted by Gasteiger charge is 2.25. The number of carbonyl (C=O) groups excluding carboxylic acids is 1. The molecule has 1 saturated carbocycles. The molecule has 7 heteroatoms. The fourth-order valence-electron chi connectivity index (χ4n) is 3.33. The van der Waals surface area contributed by atoms with Crippen LogP contribution in [0.25, 0.3) is 11.0 Å². The average molecular weight is 354 g/mol. The van der Waals surface area contributed by atoms with Crippen molar-refractivity contribution in [2.24, 2.45) is 0 Å². The molecule has 0 bridgehead atoms. The molecule has 23 heavy (non-hydrogen) atoms. The van der Waals surface area contributed by atoms with E-state index in [1.54, 1.807) is 10.8 Å². The number of ketones is 1. The molecule has 0 amide bonds. The van der Waals surface area contributed by atoms with Crippen molar-refractivity contribution in [1.29, 1.82) is 0 Å². The van der Waals surface area contributed by atoms with E-state index in [0.717, 1.165) is 31.1 Å². The average Bonchev–Trinajstić information content (AvgIpc) is 3.00. The van der Waals surface area contributed by atoms with Crippen molar-refractivity contribution in [2.75, 3.05) is 6.26 Å². The smallest absolute Gasteiger partial charge is 0.263 e. The topological polar surface area (TPSA) is 64.8 Å². The molecule has 1 aliphatic rings. The van der Waals surface area contributed by atoms with Gasteiger partial charge >= 0.3 is 0 Å². The fraction of sp³-hybridized carbons (Fsp3) is 0.500. The summed E-state index contributed by atoms with van der Waals surface area (Å²) in [5.41, 5.74) is 1.43. The highest BCUT2D eigenvalue weighted by molar-refractivity contribution is 7.98. The minimum atomic E-state index is -0.199. The predicted molar refractivity (Wildman–Crippen MR) is 95.1 cm³/mol. The van der Waals surface area contributed by atoms with Gasteiger partial charge in [-0.05, 0) is 38.5 Å². The highest BCUT2D eigenvalue weighted by atomic mass is 35.5. The Hall–Kier alpha value is -1.40. The van der Waals surface area contributed by atoms with E-state index in [-0.39, 0.29) is 35.4 Å². The van der Waals surface area contributed by atoms with Crippen LogP contribution in [0.2, 0.25) is 0 Å². The maximum atomic E-state index is 12.9. The van der Waals surface area contributed by atoms with Crippen molar-refractivity contribution < 1.29 is 4.79 Å². The predicted octanol–water partition coefficient (Wildman–Crippen LogP) is 3.56. The first-order valence-electron chi connectivity index (χ1n) is 7.51. The van der Waals surface area contributed by atoms with Crippen LogP contribution in [0.5, 0.6) is 0 Å². The summed E-state index contributed by atoms with van der Waals surface area (Å²) in [6.45, 7) is 3.26. The number of fused-ring (bicyclic) bond motifs is 1.